The Kier molecular flexibility index (Phi) is 9.32. The van der Waals surface area contributed by atoms with Crippen molar-refractivity contribution < 1.29 is 0 Å². The second kappa shape index (κ2) is 15.4. The number of rotatable bonds is 8. The maximum absolute atomic E-state index is 4.99. The fraction of sp³-hybridized carbons (Fsp3) is 0.0357. The minimum atomic E-state index is 0.927. The number of para-hydroxylation sites is 1. The first-order valence-electron chi connectivity index (χ1n) is 20.1. The number of hydrogen-bond donors (Lipinski definition) is 0. The minimum Gasteiger partial charge on any atom is -0.310 e. The highest BCUT2D eigenvalue weighted by Crippen LogP contribution is 2.43. The molecule has 0 aliphatic carbocycles. The maximum Gasteiger partial charge on any atom is 0.0709 e. The SMILES string of the molecule is Cc1cnc(-c2cccc(N(c3cccc(-c4cc(-c5ccc6ccccc6c5)c(C)cn4)c3)c3ccccc3-c3ccccc3)c2)cc1-c1ccc2ccccc2c1. The van der Waals surface area contributed by atoms with E-state index < -0.39 is 0 Å². The molecule has 0 aliphatic heterocycles. The van der Waals surface area contributed by atoms with Gasteiger partial charge in [-0.3, -0.25) is 9.97 Å². The van der Waals surface area contributed by atoms with Gasteiger partial charge in [0.15, 0.2) is 0 Å². The summed E-state index contributed by atoms with van der Waals surface area (Å²) in [6, 6.07) is 71.7. The number of aryl methyl sites for hydroxylation is 2. The van der Waals surface area contributed by atoms with E-state index in [1.165, 1.54) is 43.8 Å². The van der Waals surface area contributed by atoms with Gasteiger partial charge in [0.1, 0.15) is 0 Å². The lowest BCUT2D eigenvalue weighted by atomic mass is 9.96. The minimum absolute atomic E-state index is 0.927. The van der Waals surface area contributed by atoms with Crippen molar-refractivity contribution in [2.45, 2.75) is 13.8 Å². The van der Waals surface area contributed by atoms with E-state index in [1.807, 2.05) is 12.4 Å². The van der Waals surface area contributed by atoms with Gasteiger partial charge in [0.25, 0.3) is 0 Å². The molecule has 10 rings (SSSR count). The molecule has 8 aromatic carbocycles. The number of nitrogens with zero attached hydrogens (tertiary/aromatic N) is 3. The Balaban J connectivity index is 1.09. The topological polar surface area (TPSA) is 29.0 Å². The van der Waals surface area contributed by atoms with E-state index in [0.29, 0.717) is 0 Å². The van der Waals surface area contributed by atoms with Gasteiger partial charge in [-0.25, -0.2) is 0 Å². The fourth-order valence-corrected chi connectivity index (χ4v) is 8.27. The summed E-state index contributed by atoms with van der Waals surface area (Å²) in [5.41, 5.74) is 16.4. The third-order valence-electron chi connectivity index (χ3n) is 11.4. The van der Waals surface area contributed by atoms with Crippen LogP contribution in [0.5, 0.6) is 0 Å². The molecule has 3 nitrogen and oxygen atoms in total. The molecule has 2 heterocycles. The van der Waals surface area contributed by atoms with Crippen LogP contribution in [-0.4, -0.2) is 9.97 Å². The van der Waals surface area contributed by atoms with Crippen LogP contribution in [0.1, 0.15) is 11.1 Å². The smallest absolute Gasteiger partial charge is 0.0709 e. The van der Waals surface area contributed by atoms with E-state index in [0.717, 1.165) is 61.8 Å². The molecule has 0 atom stereocenters. The van der Waals surface area contributed by atoms with Crippen LogP contribution in [0.15, 0.2) is 213 Å². The molecule has 0 spiro atoms. The van der Waals surface area contributed by atoms with Gasteiger partial charge in [0.05, 0.1) is 17.1 Å². The highest BCUT2D eigenvalue weighted by Gasteiger charge is 2.19. The number of pyridine rings is 2. The highest BCUT2D eigenvalue weighted by molar-refractivity contribution is 5.92. The second-order valence-corrected chi connectivity index (χ2v) is 15.2. The first-order valence-corrected chi connectivity index (χ1v) is 20.1. The lowest BCUT2D eigenvalue weighted by molar-refractivity contribution is 1.25. The Morgan fingerprint density at radius 3 is 1.32 bits per heavy atom. The Hall–Kier alpha value is -7.62. The van der Waals surface area contributed by atoms with E-state index in [2.05, 4.69) is 219 Å². The van der Waals surface area contributed by atoms with Crippen molar-refractivity contribution in [3.63, 3.8) is 0 Å². The van der Waals surface area contributed by atoms with Crippen molar-refractivity contribution in [2.24, 2.45) is 0 Å². The van der Waals surface area contributed by atoms with Crippen LogP contribution in [0.25, 0.3) is 77.4 Å². The molecule has 0 fully saturated rings. The van der Waals surface area contributed by atoms with Crippen molar-refractivity contribution in [2.75, 3.05) is 4.90 Å². The van der Waals surface area contributed by atoms with Gasteiger partial charge in [-0.05, 0) is 129 Å². The standard InChI is InChI=1S/C56H41N3/c1-38-36-57-54(34-52(38)45-28-26-40-14-6-8-18-43(40)30-45)47-20-12-22-49(32-47)59(56-25-11-10-24-51(56)42-16-4-3-5-17-42)50-23-13-21-48(33-50)55-35-53(39(2)37-58-55)46-29-27-41-15-7-9-19-44(41)31-46/h3-37H,1-2H3. The number of benzene rings is 8. The van der Waals surface area contributed by atoms with Gasteiger partial charge in [0.2, 0.25) is 0 Å². The van der Waals surface area contributed by atoms with Crippen molar-refractivity contribution in [1.29, 1.82) is 0 Å². The zero-order valence-electron chi connectivity index (χ0n) is 33.0. The number of anilines is 3. The third kappa shape index (κ3) is 7.04. The number of hydrogen-bond acceptors (Lipinski definition) is 3. The van der Waals surface area contributed by atoms with E-state index in [4.69, 9.17) is 9.97 Å². The molecule has 0 aliphatic rings. The van der Waals surface area contributed by atoms with Gasteiger partial charge in [-0.1, -0.05) is 146 Å². The van der Waals surface area contributed by atoms with Crippen LogP contribution >= 0.6 is 0 Å². The fourth-order valence-electron chi connectivity index (χ4n) is 8.27. The molecular weight excluding hydrogens is 715 g/mol. The molecular formula is C56H41N3. The highest BCUT2D eigenvalue weighted by atomic mass is 15.1. The molecule has 0 bridgehead atoms. The molecule has 0 N–H and O–H groups in total. The monoisotopic (exact) mass is 755 g/mol. The summed E-state index contributed by atoms with van der Waals surface area (Å²) in [5.74, 6) is 0. The van der Waals surface area contributed by atoms with Gasteiger partial charge < -0.3 is 4.90 Å². The second-order valence-electron chi connectivity index (χ2n) is 15.2. The summed E-state index contributed by atoms with van der Waals surface area (Å²) in [4.78, 5) is 12.4. The summed E-state index contributed by atoms with van der Waals surface area (Å²) in [6.07, 6.45) is 4.00. The normalized spacial score (nSPS) is 11.2. The third-order valence-corrected chi connectivity index (χ3v) is 11.4. The number of aromatic nitrogens is 2. The lowest BCUT2D eigenvalue weighted by Crippen LogP contribution is -2.11. The van der Waals surface area contributed by atoms with Gasteiger partial charge in [-0.15, -0.1) is 0 Å². The Morgan fingerprint density at radius 1 is 0.322 bits per heavy atom. The molecule has 2 aromatic heterocycles. The Morgan fingerprint density at radius 2 is 0.780 bits per heavy atom. The van der Waals surface area contributed by atoms with E-state index >= 15 is 0 Å². The first-order chi connectivity index (χ1) is 29.1. The van der Waals surface area contributed by atoms with Crippen LogP contribution in [0.3, 0.4) is 0 Å². The average Bonchev–Trinajstić information content (AvgIpc) is 3.30. The van der Waals surface area contributed by atoms with Crippen LogP contribution in [0, 0.1) is 13.8 Å². The number of fused-ring (bicyclic) bond motifs is 2. The molecule has 0 unspecified atom stereocenters. The summed E-state index contributed by atoms with van der Waals surface area (Å²) < 4.78 is 0. The maximum atomic E-state index is 4.99. The van der Waals surface area contributed by atoms with Crippen molar-refractivity contribution in [3.05, 3.63) is 224 Å². The predicted molar refractivity (Wildman–Crippen MR) is 248 cm³/mol. The summed E-state index contributed by atoms with van der Waals surface area (Å²) in [6.45, 7) is 4.28. The summed E-state index contributed by atoms with van der Waals surface area (Å²) in [7, 11) is 0. The van der Waals surface area contributed by atoms with Crippen molar-refractivity contribution >= 4 is 38.6 Å². The van der Waals surface area contributed by atoms with Crippen LogP contribution in [0.4, 0.5) is 17.1 Å². The Labute approximate surface area is 345 Å². The van der Waals surface area contributed by atoms with Gasteiger partial charge in [0, 0.05) is 40.5 Å². The van der Waals surface area contributed by atoms with E-state index in [1.54, 1.807) is 0 Å². The first kappa shape index (κ1) is 35.8. The zero-order chi connectivity index (χ0) is 39.7. The van der Waals surface area contributed by atoms with Crippen molar-refractivity contribution in [3.8, 4) is 55.9 Å². The molecule has 0 amide bonds. The van der Waals surface area contributed by atoms with Crippen molar-refractivity contribution in [1.82, 2.24) is 9.97 Å². The predicted octanol–water partition coefficient (Wildman–Crippen LogP) is 15.2. The summed E-state index contributed by atoms with van der Waals surface area (Å²) >= 11 is 0. The van der Waals surface area contributed by atoms with E-state index in [9.17, 15) is 0 Å². The Bertz CT molecular complexity index is 2980. The average molecular weight is 756 g/mol. The van der Waals surface area contributed by atoms with Crippen LogP contribution < -0.4 is 4.90 Å². The quantitative estimate of drug-likeness (QED) is 0.155. The molecule has 0 saturated heterocycles. The zero-order valence-corrected chi connectivity index (χ0v) is 33.0. The molecule has 280 valence electrons. The largest absolute Gasteiger partial charge is 0.310 e. The lowest BCUT2D eigenvalue weighted by Gasteiger charge is -2.28. The summed E-state index contributed by atoms with van der Waals surface area (Å²) in [5, 5.41) is 4.93. The van der Waals surface area contributed by atoms with Crippen LogP contribution in [0.2, 0.25) is 0 Å². The molecule has 59 heavy (non-hydrogen) atoms. The molecule has 3 heteroatoms. The van der Waals surface area contributed by atoms with Crippen LogP contribution in [-0.2, 0) is 0 Å². The van der Waals surface area contributed by atoms with Gasteiger partial charge >= 0.3 is 0 Å². The van der Waals surface area contributed by atoms with E-state index in [-0.39, 0.29) is 0 Å². The van der Waals surface area contributed by atoms with Gasteiger partial charge in [-0.2, -0.15) is 0 Å². The molecule has 0 radical (unpaired) electrons. The molecule has 0 saturated carbocycles. The molecule has 10 aromatic rings.